The molecule has 4 bridgehead atoms. The van der Waals surface area contributed by atoms with Gasteiger partial charge in [-0.3, -0.25) is 9.59 Å². The third-order valence-corrected chi connectivity index (χ3v) is 6.75. The van der Waals surface area contributed by atoms with Crippen LogP contribution in [0.5, 0.6) is 0 Å². The number of carbonyl (C=O) groups excluding carboxylic acids is 2. The van der Waals surface area contributed by atoms with E-state index in [2.05, 4.69) is 5.32 Å². The molecule has 0 spiro atoms. The van der Waals surface area contributed by atoms with E-state index in [1.807, 2.05) is 0 Å². The second-order valence-electron chi connectivity index (χ2n) is 8.41. The van der Waals surface area contributed by atoms with Crippen LogP contribution in [-0.4, -0.2) is 42.6 Å². The summed E-state index contributed by atoms with van der Waals surface area (Å²) in [5, 5.41) is 2.79. The zero-order chi connectivity index (χ0) is 16.8. The zero-order valence-corrected chi connectivity index (χ0v) is 14.8. The molecule has 4 aliphatic carbocycles. The normalized spacial score (nSPS) is 43.0. The van der Waals surface area contributed by atoms with Crippen LogP contribution >= 0.6 is 11.6 Å². The predicted molar refractivity (Wildman–Crippen MR) is 88.6 cm³/mol. The van der Waals surface area contributed by atoms with Gasteiger partial charge in [0.2, 0.25) is 0 Å². The first-order chi connectivity index (χ1) is 11.5. The Hall–Kier alpha value is -0.810. The Balaban J connectivity index is 1.29. The van der Waals surface area contributed by atoms with Crippen molar-refractivity contribution in [1.82, 2.24) is 5.32 Å². The Bertz CT molecular complexity index is 517. The summed E-state index contributed by atoms with van der Waals surface area (Å²) >= 11 is 6.75. The number of ether oxygens (including phenoxy) is 2. The molecule has 3 unspecified atom stereocenters. The first-order valence-corrected chi connectivity index (χ1v) is 9.59. The minimum atomic E-state index is -0.444. The van der Waals surface area contributed by atoms with Gasteiger partial charge >= 0.3 is 5.97 Å². The van der Waals surface area contributed by atoms with Gasteiger partial charge in [0, 0.05) is 18.0 Å². The molecule has 1 N–H and O–H groups in total. The quantitative estimate of drug-likeness (QED) is 0.607. The molecule has 5 nitrogen and oxygen atoms in total. The molecule has 0 aromatic heterocycles. The predicted octanol–water partition coefficient (Wildman–Crippen LogP) is 2.40. The first-order valence-electron chi connectivity index (χ1n) is 9.21. The molecule has 1 saturated heterocycles. The van der Waals surface area contributed by atoms with E-state index >= 15 is 0 Å². The number of carbonyl (C=O) groups is 2. The molecule has 5 fully saturated rings. The largest absolute Gasteiger partial charge is 0.455 e. The summed E-state index contributed by atoms with van der Waals surface area (Å²) in [7, 11) is 0. The fraction of sp³-hybridized carbons (Fsp3) is 0.889. The fourth-order valence-electron chi connectivity index (χ4n) is 5.76. The molecule has 1 amide bonds. The van der Waals surface area contributed by atoms with Crippen molar-refractivity contribution in [2.24, 2.45) is 17.3 Å². The number of amides is 1. The maximum atomic E-state index is 12.7. The maximum absolute atomic E-state index is 12.7. The Labute approximate surface area is 147 Å². The van der Waals surface area contributed by atoms with Crippen LogP contribution < -0.4 is 5.32 Å². The van der Waals surface area contributed by atoms with E-state index in [0.29, 0.717) is 24.8 Å². The summed E-state index contributed by atoms with van der Waals surface area (Å²) in [6.45, 7) is 1.06. The van der Waals surface area contributed by atoms with Crippen molar-refractivity contribution < 1.29 is 19.1 Å². The smallest absolute Gasteiger partial charge is 0.312 e. The van der Waals surface area contributed by atoms with Gasteiger partial charge in [-0.25, -0.2) is 0 Å². The number of halogens is 1. The molecule has 0 aromatic rings. The van der Waals surface area contributed by atoms with Crippen LogP contribution in [0.1, 0.15) is 51.4 Å². The highest BCUT2D eigenvalue weighted by Crippen LogP contribution is 2.64. The van der Waals surface area contributed by atoms with E-state index in [4.69, 9.17) is 21.1 Å². The lowest BCUT2D eigenvalue weighted by atomic mass is 9.49. The zero-order valence-electron chi connectivity index (χ0n) is 14.0. The van der Waals surface area contributed by atoms with Crippen LogP contribution in [0.25, 0.3) is 0 Å². The molecular formula is C18H26ClNO4. The van der Waals surface area contributed by atoms with Crippen molar-refractivity contribution >= 4 is 23.5 Å². The monoisotopic (exact) mass is 355 g/mol. The molecule has 5 rings (SSSR count). The Morgan fingerprint density at radius 1 is 1.21 bits per heavy atom. The molecule has 5 aliphatic rings. The Morgan fingerprint density at radius 2 is 1.96 bits per heavy atom. The average molecular weight is 356 g/mol. The Morgan fingerprint density at radius 3 is 2.58 bits per heavy atom. The van der Waals surface area contributed by atoms with Crippen molar-refractivity contribution in [2.45, 2.75) is 62.3 Å². The minimum Gasteiger partial charge on any atom is -0.455 e. The van der Waals surface area contributed by atoms with Crippen molar-refractivity contribution in [3.63, 3.8) is 0 Å². The summed E-state index contributed by atoms with van der Waals surface area (Å²) in [6.07, 6.45) is 7.86. The van der Waals surface area contributed by atoms with Gasteiger partial charge in [0.1, 0.15) is 0 Å². The first kappa shape index (κ1) is 16.6. The summed E-state index contributed by atoms with van der Waals surface area (Å²) in [4.78, 5) is 24.4. The van der Waals surface area contributed by atoms with Crippen molar-refractivity contribution in [1.29, 1.82) is 0 Å². The summed E-state index contributed by atoms with van der Waals surface area (Å²) in [5.74, 6) is 0.632. The van der Waals surface area contributed by atoms with Gasteiger partial charge in [0.05, 0.1) is 11.5 Å². The van der Waals surface area contributed by atoms with E-state index in [1.54, 1.807) is 0 Å². The van der Waals surface area contributed by atoms with Crippen LogP contribution in [0.15, 0.2) is 0 Å². The number of rotatable bonds is 5. The molecule has 4 saturated carbocycles. The third-order valence-electron chi connectivity index (χ3n) is 6.31. The lowest BCUT2D eigenvalue weighted by Gasteiger charge is -2.58. The fourth-order valence-corrected chi connectivity index (χ4v) is 6.45. The van der Waals surface area contributed by atoms with Crippen LogP contribution in [0, 0.1) is 17.3 Å². The van der Waals surface area contributed by atoms with E-state index in [0.717, 1.165) is 45.1 Å². The van der Waals surface area contributed by atoms with Crippen LogP contribution in [0.3, 0.4) is 0 Å². The van der Waals surface area contributed by atoms with E-state index in [9.17, 15) is 9.59 Å². The van der Waals surface area contributed by atoms with E-state index < -0.39 is 5.41 Å². The van der Waals surface area contributed by atoms with Crippen molar-refractivity contribution in [3.8, 4) is 0 Å². The molecule has 134 valence electrons. The number of alkyl halides is 1. The molecular weight excluding hydrogens is 330 g/mol. The highest BCUT2D eigenvalue weighted by Gasteiger charge is 2.60. The van der Waals surface area contributed by atoms with Gasteiger partial charge in [0.25, 0.3) is 5.91 Å². The molecule has 0 aromatic carbocycles. The summed E-state index contributed by atoms with van der Waals surface area (Å²) < 4.78 is 10.9. The highest BCUT2D eigenvalue weighted by molar-refractivity contribution is 6.24. The third kappa shape index (κ3) is 3.17. The molecule has 0 radical (unpaired) electrons. The van der Waals surface area contributed by atoms with Gasteiger partial charge < -0.3 is 14.8 Å². The van der Waals surface area contributed by atoms with Crippen molar-refractivity contribution in [2.75, 3.05) is 19.8 Å². The number of hydrogen-bond acceptors (Lipinski definition) is 4. The summed E-state index contributed by atoms with van der Waals surface area (Å²) in [5.41, 5.74) is -0.444. The standard InChI is InChI=1S/C18H26ClNO4/c19-18-7-12-4-13(8-18)6-17(5-12,11-18)16(22)24-10-15(21)20-9-14-2-1-3-23-14/h12-14H,1-11H2,(H,20,21). The van der Waals surface area contributed by atoms with Gasteiger partial charge in [-0.05, 0) is 63.2 Å². The van der Waals surface area contributed by atoms with Gasteiger partial charge in [-0.15, -0.1) is 11.6 Å². The van der Waals surface area contributed by atoms with Crippen LogP contribution in [0.2, 0.25) is 0 Å². The molecule has 1 heterocycles. The SMILES string of the molecule is O=C(COC(=O)C12CC3CC(CC(Cl)(C3)C1)C2)NCC1CCCO1. The Kier molecular flexibility index (Phi) is 4.28. The number of hydrogen-bond donors (Lipinski definition) is 1. The molecule has 24 heavy (non-hydrogen) atoms. The highest BCUT2D eigenvalue weighted by atomic mass is 35.5. The average Bonchev–Trinajstić information content (AvgIpc) is 3.01. The summed E-state index contributed by atoms with van der Waals surface area (Å²) in [6, 6.07) is 0. The lowest BCUT2D eigenvalue weighted by Crippen LogP contribution is -2.56. The molecule has 6 heteroatoms. The van der Waals surface area contributed by atoms with Crippen molar-refractivity contribution in [3.05, 3.63) is 0 Å². The number of nitrogens with one attached hydrogen (secondary N) is 1. The second-order valence-corrected chi connectivity index (χ2v) is 9.21. The number of esters is 1. The molecule has 3 atom stereocenters. The van der Waals surface area contributed by atoms with Gasteiger partial charge in [-0.2, -0.15) is 0 Å². The van der Waals surface area contributed by atoms with Gasteiger partial charge in [-0.1, -0.05) is 0 Å². The van der Waals surface area contributed by atoms with E-state index in [-0.39, 0.29) is 29.5 Å². The maximum Gasteiger partial charge on any atom is 0.312 e. The molecule has 1 aliphatic heterocycles. The lowest BCUT2D eigenvalue weighted by molar-refractivity contribution is -0.171. The minimum absolute atomic E-state index is 0.101. The van der Waals surface area contributed by atoms with E-state index in [1.165, 1.54) is 6.42 Å². The van der Waals surface area contributed by atoms with Gasteiger partial charge in [0.15, 0.2) is 6.61 Å². The van der Waals surface area contributed by atoms with Crippen LogP contribution in [-0.2, 0) is 19.1 Å². The van der Waals surface area contributed by atoms with Crippen LogP contribution in [0.4, 0.5) is 0 Å². The topological polar surface area (TPSA) is 64.6 Å². The second kappa shape index (κ2) is 6.17.